The molecule has 6 heteroatoms. The average molecular weight is 300 g/mol. The lowest BCUT2D eigenvalue weighted by molar-refractivity contribution is -0.122. The lowest BCUT2D eigenvalue weighted by Crippen LogP contribution is -2.28. The zero-order valence-electron chi connectivity index (χ0n) is 12.6. The Hall–Kier alpha value is -2.50. The lowest BCUT2D eigenvalue weighted by Gasteiger charge is -2.18. The number of amides is 1. The molecule has 1 aromatic heterocycles. The SMILES string of the molecule is Cc1cc(N)n(CC(=O)NCc2ccc3c(c2)CCCO3)n1. The highest BCUT2D eigenvalue weighted by Gasteiger charge is 2.11. The molecule has 22 heavy (non-hydrogen) atoms. The van der Waals surface area contributed by atoms with Crippen molar-refractivity contribution in [3.05, 3.63) is 41.1 Å². The first-order valence-corrected chi connectivity index (χ1v) is 7.43. The van der Waals surface area contributed by atoms with Crippen LogP contribution in [-0.4, -0.2) is 22.3 Å². The van der Waals surface area contributed by atoms with Gasteiger partial charge in [0.25, 0.3) is 0 Å². The average Bonchev–Trinajstić information content (AvgIpc) is 2.82. The van der Waals surface area contributed by atoms with Crippen molar-refractivity contribution in [2.45, 2.75) is 32.9 Å². The first kappa shape index (κ1) is 14.4. The quantitative estimate of drug-likeness (QED) is 0.894. The molecule has 0 bridgehead atoms. The molecular formula is C16H20N4O2. The Balaban J connectivity index is 1.58. The Morgan fingerprint density at radius 1 is 1.45 bits per heavy atom. The number of anilines is 1. The Kier molecular flexibility index (Phi) is 4.00. The maximum Gasteiger partial charge on any atom is 0.242 e. The van der Waals surface area contributed by atoms with E-state index < -0.39 is 0 Å². The summed E-state index contributed by atoms with van der Waals surface area (Å²) in [5.74, 6) is 1.35. The molecule has 2 heterocycles. The number of aromatic nitrogens is 2. The van der Waals surface area contributed by atoms with Crippen LogP contribution in [0.5, 0.6) is 5.75 Å². The highest BCUT2D eigenvalue weighted by molar-refractivity contribution is 5.76. The number of nitrogen functional groups attached to an aromatic ring is 1. The van der Waals surface area contributed by atoms with Crippen LogP contribution in [0.2, 0.25) is 0 Å². The van der Waals surface area contributed by atoms with Crippen molar-refractivity contribution in [3.63, 3.8) is 0 Å². The molecular weight excluding hydrogens is 280 g/mol. The molecule has 3 rings (SSSR count). The molecule has 0 spiro atoms. The number of hydrogen-bond acceptors (Lipinski definition) is 4. The summed E-state index contributed by atoms with van der Waals surface area (Å²) in [6.07, 6.45) is 2.07. The Morgan fingerprint density at radius 2 is 2.32 bits per heavy atom. The van der Waals surface area contributed by atoms with Crippen molar-refractivity contribution in [2.75, 3.05) is 12.3 Å². The van der Waals surface area contributed by atoms with Gasteiger partial charge >= 0.3 is 0 Å². The van der Waals surface area contributed by atoms with Crippen LogP contribution in [0.1, 0.15) is 23.2 Å². The molecule has 1 amide bonds. The van der Waals surface area contributed by atoms with Gasteiger partial charge in [-0.2, -0.15) is 5.10 Å². The van der Waals surface area contributed by atoms with Crippen LogP contribution in [0, 0.1) is 6.92 Å². The van der Waals surface area contributed by atoms with E-state index in [0.29, 0.717) is 12.4 Å². The molecule has 0 aliphatic carbocycles. The second-order valence-corrected chi connectivity index (χ2v) is 5.54. The lowest BCUT2D eigenvalue weighted by atomic mass is 10.0. The summed E-state index contributed by atoms with van der Waals surface area (Å²) in [7, 11) is 0. The summed E-state index contributed by atoms with van der Waals surface area (Å²) in [6.45, 7) is 3.26. The van der Waals surface area contributed by atoms with Crippen LogP contribution in [0.25, 0.3) is 0 Å². The fourth-order valence-corrected chi connectivity index (χ4v) is 2.61. The Morgan fingerprint density at radius 3 is 3.09 bits per heavy atom. The van der Waals surface area contributed by atoms with Gasteiger partial charge in [0.15, 0.2) is 0 Å². The zero-order chi connectivity index (χ0) is 15.5. The van der Waals surface area contributed by atoms with Crippen LogP contribution in [0.15, 0.2) is 24.3 Å². The summed E-state index contributed by atoms with van der Waals surface area (Å²) in [6, 6.07) is 7.81. The van der Waals surface area contributed by atoms with Crippen molar-refractivity contribution in [2.24, 2.45) is 0 Å². The largest absolute Gasteiger partial charge is 0.493 e. The number of nitrogens with two attached hydrogens (primary N) is 1. The minimum atomic E-state index is -0.108. The number of carbonyl (C=O) groups is 1. The van der Waals surface area contributed by atoms with E-state index in [-0.39, 0.29) is 12.5 Å². The summed E-state index contributed by atoms with van der Waals surface area (Å²) in [5, 5.41) is 7.07. The van der Waals surface area contributed by atoms with Crippen molar-refractivity contribution in [1.82, 2.24) is 15.1 Å². The molecule has 0 fully saturated rings. The molecule has 0 saturated heterocycles. The number of hydrogen-bond donors (Lipinski definition) is 2. The number of nitrogens with one attached hydrogen (secondary N) is 1. The molecule has 0 saturated carbocycles. The third-order valence-electron chi connectivity index (χ3n) is 3.69. The topological polar surface area (TPSA) is 82.2 Å². The predicted octanol–water partition coefficient (Wildman–Crippen LogP) is 1.42. The molecule has 1 aliphatic rings. The fourth-order valence-electron chi connectivity index (χ4n) is 2.61. The minimum Gasteiger partial charge on any atom is -0.493 e. The number of aryl methyl sites for hydroxylation is 2. The van der Waals surface area contributed by atoms with Crippen molar-refractivity contribution in [3.8, 4) is 5.75 Å². The summed E-state index contributed by atoms with van der Waals surface area (Å²) < 4.78 is 7.09. The third kappa shape index (κ3) is 3.21. The van der Waals surface area contributed by atoms with Gasteiger partial charge in [0, 0.05) is 12.6 Å². The smallest absolute Gasteiger partial charge is 0.242 e. The molecule has 2 aromatic rings. The maximum absolute atomic E-state index is 12.0. The van der Waals surface area contributed by atoms with E-state index in [4.69, 9.17) is 10.5 Å². The standard InChI is InChI=1S/C16H20N4O2/c1-11-7-15(17)20(19-11)10-16(21)18-9-12-4-5-14-13(8-12)3-2-6-22-14/h4-5,7-8H,2-3,6,9-10,17H2,1H3,(H,18,21). The van der Waals surface area contributed by atoms with E-state index >= 15 is 0 Å². The fraction of sp³-hybridized carbons (Fsp3) is 0.375. The maximum atomic E-state index is 12.0. The Labute approximate surface area is 129 Å². The first-order valence-electron chi connectivity index (χ1n) is 7.43. The molecule has 3 N–H and O–H groups in total. The molecule has 0 radical (unpaired) electrons. The highest BCUT2D eigenvalue weighted by Crippen LogP contribution is 2.25. The van der Waals surface area contributed by atoms with Crippen molar-refractivity contribution in [1.29, 1.82) is 0 Å². The van der Waals surface area contributed by atoms with Crippen LogP contribution in [-0.2, 0) is 24.3 Å². The van der Waals surface area contributed by atoms with Gasteiger partial charge in [-0.3, -0.25) is 4.79 Å². The monoisotopic (exact) mass is 300 g/mol. The summed E-state index contributed by atoms with van der Waals surface area (Å²) in [5.41, 5.74) is 8.87. The molecule has 0 atom stereocenters. The van der Waals surface area contributed by atoms with Gasteiger partial charge in [0.1, 0.15) is 18.1 Å². The van der Waals surface area contributed by atoms with Crippen molar-refractivity contribution < 1.29 is 9.53 Å². The van der Waals surface area contributed by atoms with Gasteiger partial charge < -0.3 is 15.8 Å². The van der Waals surface area contributed by atoms with Crippen LogP contribution in [0.3, 0.4) is 0 Å². The van der Waals surface area contributed by atoms with E-state index in [1.165, 1.54) is 10.2 Å². The van der Waals surface area contributed by atoms with Gasteiger partial charge in [-0.1, -0.05) is 12.1 Å². The normalized spacial score (nSPS) is 13.3. The molecule has 1 aromatic carbocycles. The number of benzene rings is 1. The van der Waals surface area contributed by atoms with Crippen LogP contribution >= 0.6 is 0 Å². The molecule has 116 valence electrons. The Bertz CT molecular complexity index is 693. The van der Waals surface area contributed by atoms with E-state index in [0.717, 1.165) is 36.5 Å². The van der Waals surface area contributed by atoms with E-state index in [2.05, 4.69) is 16.5 Å². The third-order valence-corrected chi connectivity index (χ3v) is 3.69. The second-order valence-electron chi connectivity index (χ2n) is 5.54. The number of ether oxygens (including phenoxy) is 1. The zero-order valence-corrected chi connectivity index (χ0v) is 12.6. The van der Waals surface area contributed by atoms with Crippen LogP contribution in [0.4, 0.5) is 5.82 Å². The molecule has 1 aliphatic heterocycles. The van der Waals surface area contributed by atoms with Gasteiger partial charge in [-0.15, -0.1) is 0 Å². The second kappa shape index (κ2) is 6.09. The van der Waals surface area contributed by atoms with Gasteiger partial charge in [0.05, 0.1) is 12.3 Å². The minimum absolute atomic E-state index is 0.108. The summed E-state index contributed by atoms with van der Waals surface area (Å²) >= 11 is 0. The number of rotatable bonds is 4. The number of fused-ring (bicyclic) bond motifs is 1. The molecule has 6 nitrogen and oxygen atoms in total. The van der Waals surface area contributed by atoms with Gasteiger partial charge in [0.2, 0.25) is 5.91 Å². The van der Waals surface area contributed by atoms with Gasteiger partial charge in [-0.05, 0) is 37.0 Å². The first-order chi connectivity index (χ1) is 10.6. The van der Waals surface area contributed by atoms with Gasteiger partial charge in [-0.25, -0.2) is 4.68 Å². The highest BCUT2D eigenvalue weighted by atomic mass is 16.5. The van der Waals surface area contributed by atoms with Crippen LogP contribution < -0.4 is 15.8 Å². The predicted molar refractivity (Wildman–Crippen MR) is 83.5 cm³/mol. The van der Waals surface area contributed by atoms with E-state index in [1.807, 2.05) is 19.1 Å². The summed E-state index contributed by atoms with van der Waals surface area (Å²) in [4.78, 5) is 12.0. The molecule has 0 unspecified atom stereocenters. The van der Waals surface area contributed by atoms with Crippen molar-refractivity contribution >= 4 is 11.7 Å². The van der Waals surface area contributed by atoms with E-state index in [1.54, 1.807) is 6.07 Å². The number of nitrogens with zero attached hydrogens (tertiary/aromatic N) is 2. The number of carbonyl (C=O) groups excluding carboxylic acids is 1. The van der Waals surface area contributed by atoms with E-state index in [9.17, 15) is 4.79 Å².